The average molecular weight is 462 g/mol. The van der Waals surface area contributed by atoms with E-state index in [2.05, 4.69) is 30.4 Å². The van der Waals surface area contributed by atoms with Crippen molar-refractivity contribution in [1.29, 1.82) is 0 Å². The Morgan fingerprint density at radius 1 is 1.09 bits per heavy atom. The summed E-state index contributed by atoms with van der Waals surface area (Å²) in [7, 11) is -3.71. The minimum atomic E-state index is -3.71. The standard InChI is InChI=1S/C24H32FN3O3S/c1-4-27(18(2)3)17-19-5-7-20(8-6-19)24(29)28-15-13-22(14-16-28)26-32(30,31)23-11-9-21(25)10-12-23/h5-12,18,22,26H,4,13-17H2,1-3H3. The molecule has 1 fully saturated rings. The summed E-state index contributed by atoms with van der Waals surface area (Å²) in [5, 5.41) is 0. The average Bonchev–Trinajstić information content (AvgIpc) is 2.78. The Hall–Kier alpha value is -2.29. The molecule has 0 saturated carbocycles. The fourth-order valence-corrected chi connectivity index (χ4v) is 5.24. The maximum Gasteiger partial charge on any atom is 0.253 e. The fourth-order valence-electron chi connectivity index (χ4n) is 3.93. The molecule has 0 radical (unpaired) electrons. The molecular formula is C24H32FN3O3S. The van der Waals surface area contributed by atoms with E-state index in [0.717, 1.165) is 25.2 Å². The molecule has 1 heterocycles. The molecule has 1 saturated heterocycles. The third kappa shape index (κ3) is 6.15. The van der Waals surface area contributed by atoms with Gasteiger partial charge in [-0.1, -0.05) is 19.1 Å². The summed E-state index contributed by atoms with van der Waals surface area (Å²) in [6.07, 6.45) is 1.06. The number of nitrogens with one attached hydrogen (secondary N) is 1. The van der Waals surface area contributed by atoms with Crippen molar-refractivity contribution in [2.45, 2.75) is 57.1 Å². The number of nitrogens with zero attached hydrogens (tertiary/aromatic N) is 2. The molecule has 0 unspecified atom stereocenters. The normalized spacial score (nSPS) is 15.5. The second-order valence-corrected chi connectivity index (χ2v) is 10.2. The monoisotopic (exact) mass is 461 g/mol. The van der Waals surface area contributed by atoms with Crippen LogP contribution in [0.25, 0.3) is 0 Å². The number of carbonyl (C=O) groups excluding carboxylic acids is 1. The lowest BCUT2D eigenvalue weighted by atomic mass is 10.0. The fraction of sp³-hybridized carbons (Fsp3) is 0.458. The first kappa shape index (κ1) is 24.4. The number of likely N-dealkylation sites (tertiary alicyclic amines) is 1. The predicted molar refractivity (Wildman–Crippen MR) is 123 cm³/mol. The topological polar surface area (TPSA) is 69.7 Å². The van der Waals surface area contributed by atoms with Gasteiger partial charge in [-0.3, -0.25) is 9.69 Å². The van der Waals surface area contributed by atoms with Crippen LogP contribution in [-0.2, 0) is 16.6 Å². The van der Waals surface area contributed by atoms with Crippen molar-refractivity contribution in [2.75, 3.05) is 19.6 Å². The molecule has 1 aliphatic heterocycles. The third-order valence-electron chi connectivity index (χ3n) is 5.95. The van der Waals surface area contributed by atoms with Gasteiger partial charge in [-0.15, -0.1) is 0 Å². The highest BCUT2D eigenvalue weighted by molar-refractivity contribution is 7.89. The summed E-state index contributed by atoms with van der Waals surface area (Å²) in [5.74, 6) is -0.515. The number of carbonyl (C=O) groups is 1. The highest BCUT2D eigenvalue weighted by Gasteiger charge is 2.27. The van der Waals surface area contributed by atoms with Gasteiger partial charge in [0.1, 0.15) is 5.82 Å². The Morgan fingerprint density at radius 3 is 2.22 bits per heavy atom. The van der Waals surface area contributed by atoms with Crippen LogP contribution in [0.1, 0.15) is 49.5 Å². The lowest BCUT2D eigenvalue weighted by Gasteiger charge is -2.32. The molecule has 2 aromatic rings. The highest BCUT2D eigenvalue weighted by Crippen LogP contribution is 2.18. The zero-order chi connectivity index (χ0) is 23.3. The Balaban J connectivity index is 1.54. The summed E-state index contributed by atoms with van der Waals surface area (Å²) in [6, 6.07) is 12.7. The number of sulfonamides is 1. The van der Waals surface area contributed by atoms with Gasteiger partial charge in [0.15, 0.2) is 0 Å². The van der Waals surface area contributed by atoms with Crippen molar-refractivity contribution in [3.05, 3.63) is 65.5 Å². The minimum Gasteiger partial charge on any atom is -0.339 e. The second kappa shape index (κ2) is 10.6. The number of hydrogen-bond acceptors (Lipinski definition) is 4. The van der Waals surface area contributed by atoms with Crippen LogP contribution in [0.2, 0.25) is 0 Å². The van der Waals surface area contributed by atoms with Crippen molar-refractivity contribution in [3.8, 4) is 0 Å². The molecular weight excluding hydrogens is 429 g/mol. The van der Waals surface area contributed by atoms with Gasteiger partial charge in [-0.2, -0.15) is 0 Å². The molecule has 3 rings (SSSR count). The van der Waals surface area contributed by atoms with E-state index in [0.29, 0.717) is 37.5 Å². The van der Waals surface area contributed by atoms with E-state index in [4.69, 9.17) is 0 Å². The van der Waals surface area contributed by atoms with E-state index in [1.165, 1.54) is 17.7 Å². The smallest absolute Gasteiger partial charge is 0.253 e. The molecule has 1 amide bonds. The van der Waals surface area contributed by atoms with Gasteiger partial charge in [0.2, 0.25) is 10.0 Å². The van der Waals surface area contributed by atoms with E-state index in [1.54, 1.807) is 4.90 Å². The van der Waals surface area contributed by atoms with Gasteiger partial charge in [0.05, 0.1) is 4.90 Å². The van der Waals surface area contributed by atoms with Crippen LogP contribution in [0.3, 0.4) is 0 Å². The molecule has 1 aliphatic rings. The van der Waals surface area contributed by atoms with Crippen LogP contribution >= 0.6 is 0 Å². The quantitative estimate of drug-likeness (QED) is 0.652. The van der Waals surface area contributed by atoms with Gasteiger partial charge in [0, 0.05) is 37.3 Å². The largest absolute Gasteiger partial charge is 0.339 e. The van der Waals surface area contributed by atoms with Crippen LogP contribution in [0.4, 0.5) is 4.39 Å². The lowest BCUT2D eigenvalue weighted by molar-refractivity contribution is 0.0711. The molecule has 32 heavy (non-hydrogen) atoms. The van der Waals surface area contributed by atoms with Crippen molar-refractivity contribution in [2.24, 2.45) is 0 Å². The Morgan fingerprint density at radius 2 is 1.69 bits per heavy atom. The van der Waals surface area contributed by atoms with Crippen molar-refractivity contribution >= 4 is 15.9 Å². The molecule has 0 aliphatic carbocycles. The third-order valence-corrected chi connectivity index (χ3v) is 7.49. The number of rotatable bonds is 8. The summed E-state index contributed by atoms with van der Waals surface area (Å²) in [6.45, 7) is 9.26. The van der Waals surface area contributed by atoms with Crippen LogP contribution in [0.5, 0.6) is 0 Å². The Labute approximate surface area is 190 Å². The molecule has 1 N–H and O–H groups in total. The molecule has 0 bridgehead atoms. The molecule has 0 atom stereocenters. The number of benzene rings is 2. The van der Waals surface area contributed by atoms with Gasteiger partial charge in [0.25, 0.3) is 5.91 Å². The molecule has 0 aromatic heterocycles. The Bertz CT molecular complexity index is 1000. The second-order valence-electron chi connectivity index (χ2n) is 8.50. The van der Waals surface area contributed by atoms with Crippen LogP contribution in [-0.4, -0.2) is 55.8 Å². The molecule has 0 spiro atoms. The number of halogens is 1. The summed E-state index contributed by atoms with van der Waals surface area (Å²) in [4.78, 5) is 17.0. The van der Waals surface area contributed by atoms with E-state index in [1.807, 2.05) is 24.3 Å². The van der Waals surface area contributed by atoms with E-state index in [-0.39, 0.29) is 16.8 Å². The van der Waals surface area contributed by atoms with E-state index < -0.39 is 15.8 Å². The van der Waals surface area contributed by atoms with Crippen molar-refractivity contribution < 1.29 is 17.6 Å². The van der Waals surface area contributed by atoms with Gasteiger partial charge >= 0.3 is 0 Å². The first-order valence-electron chi connectivity index (χ1n) is 11.1. The van der Waals surface area contributed by atoms with Gasteiger partial charge in [-0.05, 0) is 75.2 Å². The Kier molecular flexibility index (Phi) is 8.03. The SMILES string of the molecule is CCN(Cc1ccc(C(=O)N2CCC(NS(=O)(=O)c3ccc(F)cc3)CC2)cc1)C(C)C. The highest BCUT2D eigenvalue weighted by atomic mass is 32.2. The number of amides is 1. The number of piperidine rings is 1. The van der Waals surface area contributed by atoms with Crippen LogP contribution < -0.4 is 4.72 Å². The van der Waals surface area contributed by atoms with Crippen molar-refractivity contribution in [1.82, 2.24) is 14.5 Å². The minimum absolute atomic E-state index is 0.0346. The summed E-state index contributed by atoms with van der Waals surface area (Å²) >= 11 is 0. The molecule has 174 valence electrons. The first-order valence-corrected chi connectivity index (χ1v) is 12.6. The summed E-state index contributed by atoms with van der Waals surface area (Å²) in [5.41, 5.74) is 1.82. The molecule has 6 nitrogen and oxygen atoms in total. The maximum absolute atomic E-state index is 13.1. The lowest BCUT2D eigenvalue weighted by Crippen LogP contribution is -2.46. The van der Waals surface area contributed by atoms with Crippen molar-refractivity contribution in [3.63, 3.8) is 0 Å². The van der Waals surface area contributed by atoms with Gasteiger partial charge in [-0.25, -0.2) is 17.5 Å². The van der Waals surface area contributed by atoms with Crippen LogP contribution in [0.15, 0.2) is 53.4 Å². The predicted octanol–water partition coefficient (Wildman–Crippen LogP) is 3.64. The summed E-state index contributed by atoms with van der Waals surface area (Å²) < 4.78 is 40.7. The van der Waals surface area contributed by atoms with E-state index >= 15 is 0 Å². The molecule has 2 aromatic carbocycles. The first-order chi connectivity index (χ1) is 15.2. The number of hydrogen-bond donors (Lipinski definition) is 1. The molecule has 8 heteroatoms. The maximum atomic E-state index is 13.1. The zero-order valence-electron chi connectivity index (χ0n) is 18.9. The van der Waals surface area contributed by atoms with E-state index in [9.17, 15) is 17.6 Å². The van der Waals surface area contributed by atoms with Gasteiger partial charge < -0.3 is 4.90 Å². The zero-order valence-corrected chi connectivity index (χ0v) is 19.7. The van der Waals surface area contributed by atoms with Crippen LogP contribution in [0, 0.1) is 5.82 Å².